The molecule has 0 heterocycles. The van der Waals surface area contributed by atoms with Crippen molar-refractivity contribution in [3.63, 3.8) is 0 Å². The smallest absolute Gasteiger partial charge is 0.166 e. The monoisotopic (exact) mass is 239 g/mol. The van der Waals surface area contributed by atoms with Crippen molar-refractivity contribution in [1.29, 1.82) is 5.26 Å². The van der Waals surface area contributed by atoms with Gasteiger partial charge in [0.1, 0.15) is 0 Å². The summed E-state index contributed by atoms with van der Waals surface area (Å²) in [5.74, 6) is 0. The SMILES string of the molecule is Cc1cc(C(O)C#N)c(C)cc1Br. The average Bonchev–Trinajstić information content (AvgIpc) is 2.10. The van der Waals surface area contributed by atoms with Crippen LogP contribution in [0.1, 0.15) is 22.8 Å². The van der Waals surface area contributed by atoms with Crippen LogP contribution in [0, 0.1) is 25.2 Å². The lowest BCUT2D eigenvalue weighted by Crippen LogP contribution is -1.97. The Bertz CT molecular complexity index is 368. The molecule has 0 aliphatic rings. The Morgan fingerprint density at radius 2 is 2.00 bits per heavy atom. The predicted octanol–water partition coefficient (Wildman–Crippen LogP) is 2.62. The number of benzene rings is 1. The highest BCUT2D eigenvalue weighted by Gasteiger charge is 2.10. The van der Waals surface area contributed by atoms with Crippen molar-refractivity contribution < 1.29 is 5.11 Å². The summed E-state index contributed by atoms with van der Waals surface area (Å²) in [5, 5.41) is 17.9. The van der Waals surface area contributed by atoms with Gasteiger partial charge in [0.15, 0.2) is 6.10 Å². The number of nitrogens with zero attached hydrogens (tertiary/aromatic N) is 1. The molecular formula is C10H10BrNO. The molecule has 0 aromatic heterocycles. The molecule has 1 aromatic carbocycles. The van der Waals surface area contributed by atoms with Gasteiger partial charge in [-0.2, -0.15) is 5.26 Å². The van der Waals surface area contributed by atoms with E-state index >= 15 is 0 Å². The number of hydrogen-bond acceptors (Lipinski definition) is 2. The second-order valence-electron chi connectivity index (χ2n) is 2.99. The summed E-state index contributed by atoms with van der Waals surface area (Å²) in [6.45, 7) is 3.80. The molecule has 68 valence electrons. The molecule has 0 saturated carbocycles. The molecule has 0 aliphatic heterocycles. The Balaban J connectivity index is 3.25. The lowest BCUT2D eigenvalue weighted by molar-refractivity contribution is 0.235. The first-order valence-corrected chi connectivity index (χ1v) is 4.70. The molecule has 0 bridgehead atoms. The number of aryl methyl sites for hydroxylation is 2. The van der Waals surface area contributed by atoms with Crippen molar-refractivity contribution in [2.24, 2.45) is 0 Å². The molecule has 0 radical (unpaired) electrons. The molecule has 1 N–H and O–H groups in total. The first-order valence-electron chi connectivity index (χ1n) is 3.90. The molecule has 1 rings (SSSR count). The summed E-state index contributed by atoms with van der Waals surface area (Å²) in [4.78, 5) is 0. The van der Waals surface area contributed by atoms with Gasteiger partial charge in [0.05, 0.1) is 6.07 Å². The number of rotatable bonds is 1. The third-order valence-electron chi connectivity index (χ3n) is 1.96. The number of hydrogen-bond donors (Lipinski definition) is 1. The molecule has 1 unspecified atom stereocenters. The fourth-order valence-electron chi connectivity index (χ4n) is 1.17. The minimum atomic E-state index is -1.02. The van der Waals surface area contributed by atoms with E-state index < -0.39 is 6.10 Å². The highest BCUT2D eigenvalue weighted by molar-refractivity contribution is 9.10. The standard InChI is InChI=1S/C10H10BrNO/c1-6-4-9(11)7(2)3-8(6)10(13)5-12/h3-4,10,13H,1-2H3. The summed E-state index contributed by atoms with van der Waals surface area (Å²) < 4.78 is 0.999. The van der Waals surface area contributed by atoms with Crippen LogP contribution < -0.4 is 0 Å². The van der Waals surface area contributed by atoms with Crippen LogP contribution in [0.15, 0.2) is 16.6 Å². The highest BCUT2D eigenvalue weighted by Crippen LogP contribution is 2.24. The zero-order valence-electron chi connectivity index (χ0n) is 7.50. The van der Waals surface area contributed by atoms with Crippen molar-refractivity contribution >= 4 is 15.9 Å². The average molecular weight is 240 g/mol. The van der Waals surface area contributed by atoms with Gasteiger partial charge in [-0.05, 0) is 36.6 Å². The quantitative estimate of drug-likeness (QED) is 0.767. The molecule has 1 aromatic rings. The second kappa shape index (κ2) is 3.91. The summed E-state index contributed by atoms with van der Waals surface area (Å²) in [6.07, 6.45) is -1.02. The maximum absolute atomic E-state index is 9.35. The highest BCUT2D eigenvalue weighted by atomic mass is 79.9. The molecule has 2 nitrogen and oxygen atoms in total. The Morgan fingerprint density at radius 3 is 2.54 bits per heavy atom. The number of aliphatic hydroxyl groups is 1. The van der Waals surface area contributed by atoms with Crippen LogP contribution in [0.5, 0.6) is 0 Å². The second-order valence-corrected chi connectivity index (χ2v) is 3.84. The molecular weight excluding hydrogens is 230 g/mol. The van der Waals surface area contributed by atoms with E-state index in [9.17, 15) is 5.11 Å². The van der Waals surface area contributed by atoms with Crippen molar-refractivity contribution in [2.75, 3.05) is 0 Å². The van der Waals surface area contributed by atoms with Gasteiger partial charge in [-0.1, -0.05) is 22.0 Å². The minimum absolute atomic E-state index is 0.684. The maximum atomic E-state index is 9.35. The van der Waals surface area contributed by atoms with Crippen molar-refractivity contribution in [3.05, 3.63) is 33.3 Å². The Hall–Kier alpha value is -0.850. The number of aliphatic hydroxyl groups excluding tert-OH is 1. The minimum Gasteiger partial charge on any atom is -0.374 e. The van der Waals surface area contributed by atoms with Gasteiger partial charge in [0, 0.05) is 4.47 Å². The van der Waals surface area contributed by atoms with E-state index in [4.69, 9.17) is 5.26 Å². The van der Waals surface area contributed by atoms with Crippen LogP contribution in [0.4, 0.5) is 0 Å². The lowest BCUT2D eigenvalue weighted by atomic mass is 10.0. The largest absolute Gasteiger partial charge is 0.374 e. The van der Waals surface area contributed by atoms with Crippen LogP contribution >= 0.6 is 15.9 Å². The Kier molecular flexibility index (Phi) is 3.07. The van der Waals surface area contributed by atoms with Crippen LogP contribution in [-0.4, -0.2) is 5.11 Å². The fraction of sp³-hybridized carbons (Fsp3) is 0.300. The zero-order valence-corrected chi connectivity index (χ0v) is 9.09. The zero-order chi connectivity index (χ0) is 10.0. The fourth-order valence-corrected chi connectivity index (χ4v) is 1.63. The number of nitriles is 1. The number of halogens is 1. The van der Waals surface area contributed by atoms with Gasteiger partial charge >= 0.3 is 0 Å². The topological polar surface area (TPSA) is 44.0 Å². The van der Waals surface area contributed by atoms with Crippen molar-refractivity contribution in [1.82, 2.24) is 0 Å². The van der Waals surface area contributed by atoms with Gasteiger partial charge in [-0.25, -0.2) is 0 Å². The van der Waals surface area contributed by atoms with Gasteiger partial charge in [-0.3, -0.25) is 0 Å². The predicted molar refractivity (Wildman–Crippen MR) is 54.2 cm³/mol. The van der Waals surface area contributed by atoms with E-state index in [1.165, 1.54) is 0 Å². The van der Waals surface area contributed by atoms with Gasteiger partial charge < -0.3 is 5.11 Å². The summed E-state index contributed by atoms with van der Waals surface area (Å²) in [5.41, 5.74) is 2.63. The van der Waals surface area contributed by atoms with E-state index in [-0.39, 0.29) is 0 Å². The van der Waals surface area contributed by atoms with E-state index in [1.54, 1.807) is 0 Å². The Labute approximate surface area is 85.9 Å². The van der Waals surface area contributed by atoms with Crippen molar-refractivity contribution in [3.8, 4) is 6.07 Å². The van der Waals surface area contributed by atoms with Crippen LogP contribution in [0.2, 0.25) is 0 Å². The first kappa shape index (κ1) is 10.2. The first-order chi connectivity index (χ1) is 6.06. The maximum Gasteiger partial charge on any atom is 0.166 e. The third-order valence-corrected chi connectivity index (χ3v) is 2.82. The molecule has 1 atom stereocenters. The lowest BCUT2D eigenvalue weighted by Gasteiger charge is -2.09. The van der Waals surface area contributed by atoms with E-state index in [2.05, 4.69) is 15.9 Å². The molecule has 0 fully saturated rings. The molecule has 3 heteroatoms. The summed E-state index contributed by atoms with van der Waals surface area (Å²) in [6, 6.07) is 5.54. The van der Waals surface area contributed by atoms with Gasteiger partial charge in [-0.15, -0.1) is 0 Å². The summed E-state index contributed by atoms with van der Waals surface area (Å²) in [7, 11) is 0. The van der Waals surface area contributed by atoms with E-state index in [1.807, 2.05) is 32.0 Å². The van der Waals surface area contributed by atoms with Crippen LogP contribution in [-0.2, 0) is 0 Å². The molecule has 0 spiro atoms. The normalized spacial score (nSPS) is 12.2. The van der Waals surface area contributed by atoms with Crippen molar-refractivity contribution in [2.45, 2.75) is 20.0 Å². The molecule has 0 saturated heterocycles. The molecule has 13 heavy (non-hydrogen) atoms. The third kappa shape index (κ3) is 2.09. The van der Waals surface area contributed by atoms with Gasteiger partial charge in [0.2, 0.25) is 0 Å². The molecule has 0 aliphatic carbocycles. The summed E-state index contributed by atoms with van der Waals surface area (Å²) >= 11 is 3.39. The van der Waals surface area contributed by atoms with Gasteiger partial charge in [0.25, 0.3) is 0 Å². The van der Waals surface area contributed by atoms with Crippen LogP contribution in [0.25, 0.3) is 0 Å². The molecule has 0 amide bonds. The van der Waals surface area contributed by atoms with Crippen LogP contribution in [0.3, 0.4) is 0 Å². The Morgan fingerprint density at radius 1 is 1.38 bits per heavy atom. The van der Waals surface area contributed by atoms with E-state index in [0.29, 0.717) is 5.56 Å². The van der Waals surface area contributed by atoms with E-state index in [0.717, 1.165) is 15.6 Å².